The van der Waals surface area contributed by atoms with Gasteiger partial charge in [0.15, 0.2) is 11.5 Å². The smallest absolute Gasteiger partial charge is 0.338 e. The third kappa shape index (κ3) is 4.18. The van der Waals surface area contributed by atoms with Crippen LogP contribution in [-0.4, -0.2) is 19.0 Å². The van der Waals surface area contributed by atoms with E-state index in [9.17, 15) is 9.59 Å². The van der Waals surface area contributed by atoms with Gasteiger partial charge in [0.05, 0.1) is 16.5 Å². The fourth-order valence-electron chi connectivity index (χ4n) is 3.41. The first-order chi connectivity index (χ1) is 16.2. The molecule has 172 valence electrons. The van der Waals surface area contributed by atoms with Gasteiger partial charge in [-0.05, 0) is 43.7 Å². The maximum absolute atomic E-state index is 15.6. The molecule has 0 aliphatic carbocycles. The number of hydrogen-bond acceptors (Lipinski definition) is 6. The molecule has 0 amide bonds. The summed E-state index contributed by atoms with van der Waals surface area (Å²) in [6.45, 7) is 10.3. The first kappa shape index (κ1) is 23.2. The summed E-state index contributed by atoms with van der Waals surface area (Å²) in [4.78, 5) is 23.7. The van der Waals surface area contributed by atoms with E-state index in [2.05, 4.69) is 13.2 Å². The Labute approximate surface area is 199 Å². The molecular weight excluding hydrogens is 455 g/mol. The minimum atomic E-state index is -0.565. The highest BCUT2D eigenvalue weighted by Crippen LogP contribution is 2.46. The highest BCUT2D eigenvalue weighted by molar-refractivity contribution is 7.26. The Hall–Kier alpha value is -3.97. The number of rotatable bonds is 6. The van der Waals surface area contributed by atoms with Crippen LogP contribution in [0, 0.1) is 5.82 Å². The second-order valence-electron chi connectivity index (χ2n) is 7.74. The van der Waals surface area contributed by atoms with Crippen LogP contribution < -0.4 is 14.2 Å². The molecule has 4 rings (SSSR count). The van der Waals surface area contributed by atoms with E-state index in [0.717, 1.165) is 10.8 Å². The first-order valence-corrected chi connectivity index (χ1v) is 11.1. The topological polar surface area (TPSA) is 61.8 Å². The molecule has 0 saturated heterocycles. The molecule has 0 saturated carbocycles. The van der Waals surface area contributed by atoms with Crippen LogP contribution in [0.1, 0.15) is 13.8 Å². The Morgan fingerprint density at radius 1 is 0.824 bits per heavy atom. The summed E-state index contributed by atoms with van der Waals surface area (Å²) >= 11 is 1.22. The number of thiophene rings is 1. The second kappa shape index (κ2) is 9.11. The van der Waals surface area contributed by atoms with Crippen molar-refractivity contribution in [2.75, 3.05) is 7.11 Å². The molecule has 0 unspecified atom stereocenters. The lowest BCUT2D eigenvalue weighted by Gasteiger charge is -2.09. The molecule has 0 atom stereocenters. The van der Waals surface area contributed by atoms with Crippen LogP contribution >= 0.6 is 11.3 Å². The molecule has 0 bridgehead atoms. The summed E-state index contributed by atoms with van der Waals surface area (Å²) < 4.78 is 32.9. The lowest BCUT2D eigenvalue weighted by molar-refractivity contribution is -0.131. The lowest BCUT2D eigenvalue weighted by atomic mass is 10.0. The average molecular weight is 477 g/mol. The fourth-order valence-corrected chi connectivity index (χ4v) is 4.66. The van der Waals surface area contributed by atoms with Crippen molar-refractivity contribution in [1.82, 2.24) is 0 Å². The van der Waals surface area contributed by atoms with Crippen molar-refractivity contribution in [1.29, 1.82) is 0 Å². The van der Waals surface area contributed by atoms with Gasteiger partial charge in [0.2, 0.25) is 0 Å². The van der Waals surface area contributed by atoms with Crippen LogP contribution in [-0.2, 0) is 9.59 Å². The Bertz CT molecular complexity index is 1480. The summed E-state index contributed by atoms with van der Waals surface area (Å²) in [5, 5.41) is 1.52. The minimum Gasteiger partial charge on any atom is -0.491 e. The largest absolute Gasteiger partial charge is 0.491 e. The van der Waals surface area contributed by atoms with Crippen molar-refractivity contribution < 1.29 is 28.2 Å². The van der Waals surface area contributed by atoms with Crippen molar-refractivity contribution >= 4 is 43.4 Å². The average Bonchev–Trinajstić information content (AvgIpc) is 3.19. The molecule has 4 aromatic rings. The molecule has 0 spiro atoms. The molecule has 34 heavy (non-hydrogen) atoms. The third-order valence-electron chi connectivity index (χ3n) is 5.15. The van der Waals surface area contributed by atoms with E-state index in [1.807, 2.05) is 6.07 Å². The molecule has 1 aromatic heterocycles. The van der Waals surface area contributed by atoms with Crippen molar-refractivity contribution in [2.24, 2.45) is 0 Å². The van der Waals surface area contributed by atoms with Gasteiger partial charge in [-0.15, -0.1) is 11.3 Å². The molecule has 5 nitrogen and oxygen atoms in total. The van der Waals surface area contributed by atoms with Crippen molar-refractivity contribution in [3.05, 3.63) is 78.7 Å². The fraction of sp³-hybridized carbons (Fsp3) is 0.111. The first-order valence-electron chi connectivity index (χ1n) is 10.3. The van der Waals surface area contributed by atoms with Crippen LogP contribution in [0.2, 0.25) is 0 Å². The Morgan fingerprint density at radius 2 is 1.41 bits per heavy atom. The molecule has 7 heteroatoms. The molecule has 0 aliphatic rings. The highest BCUT2D eigenvalue weighted by atomic mass is 32.1. The van der Waals surface area contributed by atoms with E-state index in [1.54, 1.807) is 56.3 Å². The van der Waals surface area contributed by atoms with Crippen molar-refractivity contribution in [3.63, 3.8) is 0 Å². The number of benzene rings is 3. The van der Waals surface area contributed by atoms with E-state index in [-0.39, 0.29) is 17.1 Å². The summed E-state index contributed by atoms with van der Waals surface area (Å²) in [5.74, 6) is -0.514. The van der Waals surface area contributed by atoms with Gasteiger partial charge in [-0.3, -0.25) is 0 Å². The summed E-state index contributed by atoms with van der Waals surface area (Å²) in [5.41, 5.74) is 1.59. The van der Waals surface area contributed by atoms with Crippen molar-refractivity contribution in [2.45, 2.75) is 13.8 Å². The summed E-state index contributed by atoms with van der Waals surface area (Å²) in [7, 11) is 1.47. The van der Waals surface area contributed by atoms with Crippen LogP contribution in [0.15, 0.2) is 72.8 Å². The molecular formula is C27H21FO5S. The number of carbonyl (C=O) groups is 2. The van der Waals surface area contributed by atoms with Crippen LogP contribution in [0.5, 0.6) is 17.2 Å². The van der Waals surface area contributed by atoms with E-state index >= 15 is 4.39 Å². The Balaban J connectivity index is 1.77. The van der Waals surface area contributed by atoms with E-state index in [4.69, 9.17) is 14.2 Å². The normalized spacial score (nSPS) is 10.8. The SMILES string of the molecule is C=C(C)C(=O)Oc1ccc(-c2ccc3c(sc4c(OC)c(OC(=O)C(=C)C)ccc43)c2F)cc1. The Kier molecular flexibility index (Phi) is 6.22. The minimum absolute atomic E-state index is 0.245. The zero-order valence-corrected chi connectivity index (χ0v) is 19.7. The van der Waals surface area contributed by atoms with E-state index < -0.39 is 11.9 Å². The van der Waals surface area contributed by atoms with Gasteiger partial charge >= 0.3 is 11.9 Å². The number of methoxy groups -OCH3 is 1. The third-order valence-corrected chi connectivity index (χ3v) is 6.36. The molecule has 0 N–H and O–H groups in total. The van der Waals surface area contributed by atoms with Crippen molar-refractivity contribution in [3.8, 4) is 28.4 Å². The predicted octanol–water partition coefficient (Wildman–Crippen LogP) is 6.83. The zero-order valence-electron chi connectivity index (χ0n) is 18.9. The number of fused-ring (bicyclic) bond motifs is 3. The summed E-state index contributed by atoms with van der Waals surface area (Å²) in [6, 6.07) is 13.6. The van der Waals surface area contributed by atoms with E-state index in [1.165, 1.54) is 18.4 Å². The predicted molar refractivity (Wildman–Crippen MR) is 132 cm³/mol. The standard InChI is InChI=1S/C27H21FO5S/c1-14(2)26(29)32-17-8-6-16(7-9-17)18-10-11-19-20-12-13-21(33-27(30)15(3)4)23(31-5)25(20)34-24(19)22(18)28/h6-13H,1,3H2,2,4-5H3. The lowest BCUT2D eigenvalue weighted by Crippen LogP contribution is -2.08. The van der Waals surface area contributed by atoms with E-state index in [0.29, 0.717) is 37.6 Å². The number of hydrogen-bond donors (Lipinski definition) is 0. The van der Waals surface area contributed by atoms with Gasteiger partial charge in [-0.25, -0.2) is 14.0 Å². The maximum Gasteiger partial charge on any atom is 0.338 e. The van der Waals surface area contributed by atoms with Gasteiger partial charge < -0.3 is 14.2 Å². The number of ether oxygens (including phenoxy) is 3. The molecule has 0 aliphatic heterocycles. The van der Waals surface area contributed by atoms with Crippen LogP contribution in [0.25, 0.3) is 31.3 Å². The van der Waals surface area contributed by atoms with Crippen LogP contribution in [0.3, 0.4) is 0 Å². The number of carbonyl (C=O) groups excluding carboxylic acids is 2. The van der Waals surface area contributed by atoms with Crippen LogP contribution in [0.4, 0.5) is 4.39 Å². The molecule has 3 aromatic carbocycles. The quantitative estimate of drug-likeness (QED) is 0.173. The number of esters is 2. The molecule has 0 fully saturated rings. The van der Waals surface area contributed by atoms with Gasteiger partial charge in [-0.1, -0.05) is 37.4 Å². The maximum atomic E-state index is 15.6. The monoisotopic (exact) mass is 476 g/mol. The van der Waals surface area contributed by atoms with Gasteiger partial charge in [-0.2, -0.15) is 0 Å². The zero-order chi connectivity index (χ0) is 24.6. The van der Waals surface area contributed by atoms with Gasteiger partial charge in [0, 0.05) is 27.5 Å². The van der Waals surface area contributed by atoms with Gasteiger partial charge in [0.1, 0.15) is 11.6 Å². The molecule has 1 heterocycles. The number of halogens is 1. The summed E-state index contributed by atoms with van der Waals surface area (Å²) in [6.07, 6.45) is 0. The van der Waals surface area contributed by atoms with Gasteiger partial charge in [0.25, 0.3) is 0 Å². The highest BCUT2D eigenvalue weighted by Gasteiger charge is 2.20. The second-order valence-corrected chi connectivity index (χ2v) is 8.76. The Morgan fingerprint density at radius 3 is 2.03 bits per heavy atom. The molecule has 0 radical (unpaired) electrons.